The van der Waals surface area contributed by atoms with Gasteiger partial charge in [0.25, 0.3) is 0 Å². The number of carbonyl (C=O) groups is 4. The second kappa shape index (κ2) is 17.4. The smallest absolute Gasteiger partial charge is 0.407 e. The molecule has 2 fully saturated rings. The molecule has 1 unspecified atom stereocenters. The van der Waals surface area contributed by atoms with Crippen molar-refractivity contribution in [3.63, 3.8) is 0 Å². The van der Waals surface area contributed by atoms with E-state index < -0.39 is 24.3 Å². The third kappa shape index (κ3) is 8.53. The summed E-state index contributed by atoms with van der Waals surface area (Å²) in [6.45, 7) is 10.9. The maximum absolute atomic E-state index is 13.6. The molecule has 0 spiro atoms. The van der Waals surface area contributed by atoms with Crippen LogP contribution in [0.1, 0.15) is 82.7 Å². The van der Waals surface area contributed by atoms with Crippen LogP contribution in [-0.2, 0) is 19.1 Å². The third-order valence-corrected chi connectivity index (χ3v) is 11.7. The Morgan fingerprint density at radius 3 is 1.83 bits per heavy atom. The van der Waals surface area contributed by atoms with Crippen LogP contribution in [0.4, 0.5) is 9.59 Å². The largest absolute Gasteiger partial charge is 0.453 e. The van der Waals surface area contributed by atoms with Gasteiger partial charge in [0.2, 0.25) is 11.8 Å². The van der Waals surface area contributed by atoms with Gasteiger partial charge < -0.3 is 39.9 Å². The number of benzene rings is 3. The molecular weight excluding hydrogens is 749 g/mol. The molecule has 2 aliphatic rings. The Morgan fingerprint density at radius 2 is 1.27 bits per heavy atom. The van der Waals surface area contributed by atoms with Crippen molar-refractivity contribution >= 4 is 34.8 Å². The number of nitrogens with one attached hydrogen (secondary N) is 4. The van der Waals surface area contributed by atoms with Crippen molar-refractivity contribution in [2.75, 3.05) is 27.3 Å². The number of aromatic amines is 2. The number of imidazole rings is 2. The van der Waals surface area contributed by atoms with Crippen molar-refractivity contribution < 1.29 is 28.7 Å². The highest BCUT2D eigenvalue weighted by molar-refractivity contribution is 5.91. The molecule has 2 saturated heterocycles. The van der Waals surface area contributed by atoms with E-state index in [0.717, 1.165) is 87.3 Å². The lowest BCUT2D eigenvalue weighted by Crippen LogP contribution is -2.51. The van der Waals surface area contributed by atoms with Gasteiger partial charge in [0.1, 0.15) is 23.7 Å². The maximum Gasteiger partial charge on any atom is 0.407 e. The number of carbonyl (C=O) groups excluding carboxylic acids is 4. The third-order valence-electron chi connectivity index (χ3n) is 11.7. The van der Waals surface area contributed by atoms with Crippen molar-refractivity contribution in [1.82, 2.24) is 40.4 Å². The molecule has 2 aliphatic heterocycles. The predicted octanol–water partition coefficient (Wildman–Crippen LogP) is 7.68. The summed E-state index contributed by atoms with van der Waals surface area (Å²) < 4.78 is 9.54. The Bertz CT molecular complexity index is 2350. The van der Waals surface area contributed by atoms with Crippen molar-refractivity contribution in [3.05, 3.63) is 84.2 Å². The number of hydrogen-bond donors (Lipinski definition) is 4. The number of aromatic nitrogens is 4. The molecule has 310 valence electrons. The SMILES string of the molecule is COC(=O)N[C@H](C(=O)N1CCCC1c1nc(-c2ccc3cc(-c4ccc(-c5cnc([C@@H]6CCCN6C(=O)[C@@H](NC(=O)OC)C(C)C)[nH]5)cc4C)ccc3c2)c[nH]1)C(C)C. The van der Waals surface area contributed by atoms with Crippen LogP contribution in [0.15, 0.2) is 67.0 Å². The molecule has 4 atom stereocenters. The summed E-state index contributed by atoms with van der Waals surface area (Å²) in [6, 6.07) is 17.4. The van der Waals surface area contributed by atoms with E-state index in [1.807, 2.05) is 49.9 Å². The first-order valence-corrected chi connectivity index (χ1v) is 20.4. The van der Waals surface area contributed by atoms with Gasteiger partial charge in [-0.3, -0.25) is 9.59 Å². The highest BCUT2D eigenvalue weighted by Crippen LogP contribution is 2.36. The summed E-state index contributed by atoms with van der Waals surface area (Å²) in [5, 5.41) is 7.60. The van der Waals surface area contributed by atoms with E-state index in [1.54, 1.807) is 0 Å². The minimum Gasteiger partial charge on any atom is -0.453 e. The molecule has 0 saturated carbocycles. The average Bonchev–Trinajstić information content (AvgIpc) is 4.07. The van der Waals surface area contributed by atoms with Gasteiger partial charge in [-0.25, -0.2) is 19.6 Å². The van der Waals surface area contributed by atoms with E-state index in [4.69, 9.17) is 19.4 Å². The second-order valence-corrected chi connectivity index (χ2v) is 16.3. The van der Waals surface area contributed by atoms with E-state index in [-0.39, 0.29) is 35.7 Å². The number of rotatable bonds is 11. The first-order chi connectivity index (χ1) is 28.4. The molecule has 2 aromatic heterocycles. The van der Waals surface area contributed by atoms with Gasteiger partial charge in [0, 0.05) is 24.8 Å². The normalized spacial score (nSPS) is 17.7. The zero-order valence-electron chi connectivity index (χ0n) is 34.8. The Balaban J connectivity index is 1.05. The molecule has 14 nitrogen and oxygen atoms in total. The van der Waals surface area contributed by atoms with Crippen molar-refractivity contribution in [2.24, 2.45) is 11.8 Å². The molecule has 7 rings (SSSR count). The fraction of sp³-hybridized carbons (Fsp3) is 0.422. The summed E-state index contributed by atoms with van der Waals surface area (Å²) in [7, 11) is 2.59. The zero-order chi connectivity index (χ0) is 42.0. The highest BCUT2D eigenvalue weighted by atomic mass is 16.5. The predicted molar refractivity (Wildman–Crippen MR) is 225 cm³/mol. The van der Waals surface area contributed by atoms with Gasteiger partial charge >= 0.3 is 12.2 Å². The number of alkyl carbamates (subject to hydrolysis) is 2. The number of ether oxygens (including phenoxy) is 2. The molecule has 0 aliphatic carbocycles. The van der Waals surface area contributed by atoms with Crippen LogP contribution in [0.25, 0.3) is 44.4 Å². The Labute approximate surface area is 344 Å². The number of aryl methyl sites for hydroxylation is 1. The van der Waals surface area contributed by atoms with E-state index in [9.17, 15) is 19.2 Å². The molecule has 4 heterocycles. The lowest BCUT2D eigenvalue weighted by molar-refractivity contribution is -0.136. The van der Waals surface area contributed by atoms with Gasteiger partial charge in [0.15, 0.2) is 0 Å². The minimum absolute atomic E-state index is 0.106. The first-order valence-electron chi connectivity index (χ1n) is 20.4. The lowest BCUT2D eigenvalue weighted by Gasteiger charge is -2.30. The Kier molecular flexibility index (Phi) is 12.1. The van der Waals surface area contributed by atoms with Crippen molar-refractivity contribution in [1.29, 1.82) is 0 Å². The maximum atomic E-state index is 13.6. The molecule has 4 N–H and O–H groups in total. The van der Waals surface area contributed by atoms with Crippen LogP contribution in [0, 0.1) is 18.8 Å². The number of fused-ring (bicyclic) bond motifs is 1. The van der Waals surface area contributed by atoms with E-state index in [0.29, 0.717) is 13.1 Å². The number of H-pyrrole nitrogens is 2. The molecule has 59 heavy (non-hydrogen) atoms. The van der Waals surface area contributed by atoms with Crippen LogP contribution in [0.2, 0.25) is 0 Å². The summed E-state index contributed by atoms with van der Waals surface area (Å²) >= 11 is 0. The number of nitrogens with zero attached hydrogens (tertiary/aromatic N) is 4. The fourth-order valence-electron chi connectivity index (χ4n) is 8.42. The van der Waals surface area contributed by atoms with Gasteiger partial charge in [-0.05, 0) is 95.7 Å². The molecule has 0 radical (unpaired) electrons. The lowest BCUT2D eigenvalue weighted by atomic mass is 9.95. The number of likely N-dealkylation sites (tertiary alicyclic amines) is 2. The average molecular weight is 803 g/mol. The standard InChI is InChI=1S/C45H54N8O6/c1-25(2)38(50-44(56)58-6)42(54)52-18-8-10-36(52)40-46-23-34(48-40)31-16-17-33(27(5)20-31)30-14-12-29-22-32(15-13-28(29)21-30)35-24-47-41(49-35)37-11-9-19-53(37)43(55)39(26(3)4)51-45(57)59-7/h12-17,20-26,36-39H,8-11,18-19H2,1-7H3,(H,46,48)(H,47,49)(H,50,56)(H,51,57)/t36-,37?,38-,39-/m0/s1. The van der Waals surface area contributed by atoms with Crippen molar-refractivity contribution in [3.8, 4) is 33.6 Å². The van der Waals surface area contributed by atoms with Gasteiger partial charge in [-0.2, -0.15) is 0 Å². The van der Waals surface area contributed by atoms with Gasteiger partial charge in [0.05, 0.1) is 43.9 Å². The number of amides is 4. The summed E-state index contributed by atoms with van der Waals surface area (Å²) in [5.74, 6) is 0.973. The van der Waals surface area contributed by atoms with E-state index in [2.05, 4.69) is 82.1 Å². The monoisotopic (exact) mass is 802 g/mol. The van der Waals surface area contributed by atoms with E-state index >= 15 is 0 Å². The van der Waals surface area contributed by atoms with Crippen LogP contribution < -0.4 is 10.6 Å². The molecule has 4 amide bonds. The van der Waals surface area contributed by atoms with E-state index in [1.165, 1.54) is 14.2 Å². The quantitative estimate of drug-likeness (QED) is 0.105. The summed E-state index contributed by atoms with van der Waals surface area (Å²) in [5.41, 5.74) is 6.99. The van der Waals surface area contributed by atoms with Crippen LogP contribution in [-0.4, -0.2) is 93.1 Å². The van der Waals surface area contributed by atoms with Gasteiger partial charge in [-0.1, -0.05) is 64.1 Å². The Hall–Kier alpha value is -6.18. The van der Waals surface area contributed by atoms with Gasteiger partial charge in [-0.15, -0.1) is 0 Å². The molecular formula is C45H54N8O6. The number of methoxy groups -OCH3 is 2. The van der Waals surface area contributed by atoms with Crippen LogP contribution >= 0.6 is 0 Å². The molecule has 14 heteroatoms. The number of hydrogen-bond acceptors (Lipinski definition) is 8. The summed E-state index contributed by atoms with van der Waals surface area (Å²) in [4.78, 5) is 71.3. The second-order valence-electron chi connectivity index (χ2n) is 16.3. The first kappa shape index (κ1) is 41.0. The fourth-order valence-corrected chi connectivity index (χ4v) is 8.42. The highest BCUT2D eigenvalue weighted by Gasteiger charge is 2.39. The zero-order valence-corrected chi connectivity index (χ0v) is 34.8. The molecule has 5 aromatic rings. The minimum atomic E-state index is -0.689. The summed E-state index contributed by atoms with van der Waals surface area (Å²) in [6.07, 6.45) is 5.73. The van der Waals surface area contributed by atoms with Crippen LogP contribution in [0.5, 0.6) is 0 Å². The van der Waals surface area contributed by atoms with Crippen molar-refractivity contribution in [2.45, 2.75) is 84.5 Å². The molecule has 0 bridgehead atoms. The molecule has 3 aromatic carbocycles. The van der Waals surface area contributed by atoms with Crippen LogP contribution in [0.3, 0.4) is 0 Å². The Morgan fingerprint density at radius 1 is 0.729 bits per heavy atom. The topological polar surface area (TPSA) is 175 Å².